The zero-order valence-corrected chi connectivity index (χ0v) is 16.6. The molecule has 0 radical (unpaired) electrons. The van der Waals surface area contributed by atoms with Crippen molar-refractivity contribution >= 4 is 11.6 Å². The second-order valence-electron chi connectivity index (χ2n) is 9.99. The van der Waals surface area contributed by atoms with Crippen LogP contribution in [0.2, 0.25) is 0 Å². The Morgan fingerprint density at radius 1 is 1.08 bits per heavy atom. The number of carbonyl (C=O) groups excluding carboxylic acids is 2. The Hall–Kier alpha value is -1.12. The van der Waals surface area contributed by atoms with Crippen molar-refractivity contribution in [1.82, 2.24) is 0 Å². The van der Waals surface area contributed by atoms with Gasteiger partial charge in [0.05, 0.1) is 0 Å². The van der Waals surface area contributed by atoms with E-state index in [1.165, 1.54) is 19.3 Å². The summed E-state index contributed by atoms with van der Waals surface area (Å²) in [5.41, 5.74) is 0.875. The molecule has 0 spiro atoms. The largest absolute Gasteiger partial charge is 0.504 e. The molecule has 0 amide bonds. The maximum absolute atomic E-state index is 12.9. The highest BCUT2D eigenvalue weighted by molar-refractivity contribution is 5.95. The minimum atomic E-state index is -0.121. The van der Waals surface area contributed by atoms with Crippen molar-refractivity contribution in [3.63, 3.8) is 0 Å². The van der Waals surface area contributed by atoms with Gasteiger partial charge in [0, 0.05) is 18.3 Å². The van der Waals surface area contributed by atoms with Crippen LogP contribution < -0.4 is 0 Å². The number of carbonyl (C=O) groups is 2. The summed E-state index contributed by atoms with van der Waals surface area (Å²) in [6.07, 6.45) is 9.71. The molecule has 1 unspecified atom stereocenters. The number of aliphatic hydroxyl groups excluding tert-OH is 1. The zero-order chi connectivity index (χ0) is 18.7. The third kappa shape index (κ3) is 2.38. The molecule has 4 aliphatic carbocycles. The number of ketones is 2. The quantitative estimate of drug-likeness (QED) is 0.736. The Bertz CT molecular complexity index is 662. The summed E-state index contributed by atoms with van der Waals surface area (Å²) >= 11 is 0. The fourth-order valence-electron chi connectivity index (χ4n) is 7.48. The third-order valence-corrected chi connectivity index (χ3v) is 8.87. The van der Waals surface area contributed by atoms with Crippen molar-refractivity contribution in [2.24, 2.45) is 34.5 Å². The number of aliphatic hydroxyl groups is 1. The molecule has 1 N–H and O–H groups in total. The monoisotopic (exact) mass is 358 g/mol. The number of fused-ring (bicyclic) bond motifs is 5. The van der Waals surface area contributed by atoms with Crippen LogP contribution >= 0.6 is 0 Å². The first-order valence-electron chi connectivity index (χ1n) is 10.8. The van der Waals surface area contributed by atoms with Crippen LogP contribution in [0.1, 0.15) is 85.0 Å². The molecule has 6 atom stereocenters. The molecular weight excluding hydrogens is 324 g/mol. The fourth-order valence-corrected chi connectivity index (χ4v) is 7.48. The van der Waals surface area contributed by atoms with Crippen LogP contribution in [0.4, 0.5) is 0 Å². The van der Waals surface area contributed by atoms with Crippen LogP contribution in [0.5, 0.6) is 0 Å². The van der Waals surface area contributed by atoms with Gasteiger partial charge < -0.3 is 5.11 Å². The second kappa shape index (κ2) is 6.21. The summed E-state index contributed by atoms with van der Waals surface area (Å²) < 4.78 is 0. The lowest BCUT2D eigenvalue weighted by atomic mass is 9.46. The van der Waals surface area contributed by atoms with E-state index < -0.39 is 0 Å². The highest BCUT2D eigenvalue weighted by atomic mass is 16.3. The number of Topliss-reactive ketones (excluding diaryl/α,β-unsaturated/α-hetero) is 2. The number of allylic oxidation sites excluding steroid dienone is 1. The Morgan fingerprint density at radius 3 is 2.58 bits per heavy atom. The second-order valence-corrected chi connectivity index (χ2v) is 9.99. The molecule has 3 saturated carbocycles. The van der Waals surface area contributed by atoms with E-state index in [-0.39, 0.29) is 22.4 Å². The summed E-state index contributed by atoms with van der Waals surface area (Å²) in [6, 6.07) is 0. The van der Waals surface area contributed by atoms with Gasteiger partial charge in [0.25, 0.3) is 0 Å². The molecule has 0 saturated heterocycles. The lowest BCUT2D eigenvalue weighted by Crippen LogP contribution is -2.52. The van der Waals surface area contributed by atoms with E-state index >= 15 is 0 Å². The average molecular weight is 359 g/mol. The van der Waals surface area contributed by atoms with Crippen LogP contribution in [0.25, 0.3) is 0 Å². The highest BCUT2D eigenvalue weighted by Crippen LogP contribution is 2.66. The minimum absolute atomic E-state index is 0.0385. The van der Waals surface area contributed by atoms with Crippen LogP contribution in [0.15, 0.2) is 11.3 Å². The molecule has 4 aliphatic rings. The first-order valence-corrected chi connectivity index (χ1v) is 10.8. The van der Waals surface area contributed by atoms with E-state index in [0.717, 1.165) is 44.1 Å². The predicted octanol–water partition coefficient (Wildman–Crippen LogP) is 5.39. The van der Waals surface area contributed by atoms with Crippen LogP contribution in [0, 0.1) is 34.5 Å². The summed E-state index contributed by atoms with van der Waals surface area (Å²) in [5, 5.41) is 10.5. The molecule has 0 aliphatic heterocycles. The molecular formula is C23H34O3. The molecule has 3 heteroatoms. The standard InChI is InChI=1S/C23H34O3/c1-4-5-6-14-13-19(25)23(3)11-9-16-15(20(14)23)7-8-17-21(26)18(24)10-12-22(16,17)2/h14-16,20,26H,4-13H2,1-3H3/t14?,15-,16-,20+,22-,23-/m1/s1. The molecule has 4 rings (SSSR count). The van der Waals surface area contributed by atoms with E-state index in [1.807, 2.05) is 0 Å². The van der Waals surface area contributed by atoms with Crippen molar-refractivity contribution in [2.75, 3.05) is 0 Å². The number of hydrogen-bond donors (Lipinski definition) is 1. The Labute approximate surface area is 157 Å². The maximum Gasteiger partial charge on any atom is 0.197 e. The van der Waals surface area contributed by atoms with Gasteiger partial charge in [-0.25, -0.2) is 0 Å². The van der Waals surface area contributed by atoms with Gasteiger partial charge in [-0.3, -0.25) is 9.59 Å². The molecule has 0 aromatic carbocycles. The van der Waals surface area contributed by atoms with Crippen molar-refractivity contribution in [2.45, 2.75) is 85.0 Å². The molecule has 144 valence electrons. The van der Waals surface area contributed by atoms with Crippen molar-refractivity contribution in [3.8, 4) is 0 Å². The number of unbranched alkanes of at least 4 members (excludes halogenated alkanes) is 1. The molecule has 0 heterocycles. The van der Waals surface area contributed by atoms with Gasteiger partial charge in [-0.15, -0.1) is 0 Å². The van der Waals surface area contributed by atoms with E-state index in [2.05, 4.69) is 20.8 Å². The van der Waals surface area contributed by atoms with Crippen LogP contribution in [-0.2, 0) is 9.59 Å². The molecule has 3 fully saturated rings. The summed E-state index contributed by atoms with van der Waals surface area (Å²) in [7, 11) is 0. The van der Waals surface area contributed by atoms with E-state index in [4.69, 9.17) is 0 Å². The molecule has 26 heavy (non-hydrogen) atoms. The molecule has 3 nitrogen and oxygen atoms in total. The SMILES string of the molecule is CCCCC1CC(=O)[C@@]2(C)CC[C@@H]3[C@@H](CCC4=C(O)C(=O)CC[C@@]43C)[C@H]12. The van der Waals surface area contributed by atoms with Gasteiger partial charge in [-0.1, -0.05) is 33.6 Å². The highest BCUT2D eigenvalue weighted by Gasteiger charge is 2.62. The van der Waals surface area contributed by atoms with E-state index in [9.17, 15) is 14.7 Å². The molecule has 0 bridgehead atoms. The summed E-state index contributed by atoms with van der Waals surface area (Å²) in [6.45, 7) is 6.78. The zero-order valence-electron chi connectivity index (χ0n) is 16.6. The molecule has 0 aromatic rings. The van der Waals surface area contributed by atoms with Gasteiger partial charge in [0.1, 0.15) is 5.78 Å². The first kappa shape index (κ1) is 18.3. The average Bonchev–Trinajstić information content (AvgIpc) is 2.87. The van der Waals surface area contributed by atoms with Gasteiger partial charge >= 0.3 is 0 Å². The fraction of sp³-hybridized carbons (Fsp3) is 0.826. The lowest BCUT2D eigenvalue weighted by molar-refractivity contribution is -0.133. The van der Waals surface area contributed by atoms with Crippen molar-refractivity contribution < 1.29 is 14.7 Å². The number of hydrogen-bond acceptors (Lipinski definition) is 3. The minimum Gasteiger partial charge on any atom is -0.504 e. The third-order valence-electron chi connectivity index (χ3n) is 8.87. The normalized spacial score (nSPS) is 45.3. The number of rotatable bonds is 3. The maximum atomic E-state index is 12.9. The van der Waals surface area contributed by atoms with Gasteiger partial charge in [0.15, 0.2) is 11.5 Å². The van der Waals surface area contributed by atoms with Gasteiger partial charge in [0.2, 0.25) is 0 Å². The lowest BCUT2D eigenvalue weighted by Gasteiger charge is -2.57. The Kier molecular flexibility index (Phi) is 4.36. The van der Waals surface area contributed by atoms with Crippen LogP contribution in [0.3, 0.4) is 0 Å². The topological polar surface area (TPSA) is 54.4 Å². The van der Waals surface area contributed by atoms with Gasteiger partial charge in [-0.2, -0.15) is 0 Å². The summed E-state index contributed by atoms with van der Waals surface area (Å²) in [5.74, 6) is 2.69. The van der Waals surface area contributed by atoms with Gasteiger partial charge in [-0.05, 0) is 73.2 Å². The van der Waals surface area contributed by atoms with E-state index in [1.54, 1.807) is 0 Å². The van der Waals surface area contributed by atoms with Crippen molar-refractivity contribution in [3.05, 3.63) is 11.3 Å². The molecule has 0 aromatic heterocycles. The smallest absolute Gasteiger partial charge is 0.197 e. The Balaban J connectivity index is 1.70. The Morgan fingerprint density at radius 2 is 1.85 bits per heavy atom. The first-order chi connectivity index (χ1) is 12.3. The van der Waals surface area contributed by atoms with Crippen LogP contribution in [-0.4, -0.2) is 16.7 Å². The predicted molar refractivity (Wildman–Crippen MR) is 102 cm³/mol. The summed E-state index contributed by atoms with van der Waals surface area (Å²) in [4.78, 5) is 25.0. The van der Waals surface area contributed by atoms with Crippen molar-refractivity contribution in [1.29, 1.82) is 0 Å². The van der Waals surface area contributed by atoms with E-state index in [0.29, 0.717) is 35.9 Å².